The minimum Gasteiger partial charge on any atom is -0.468 e. The van der Waals surface area contributed by atoms with E-state index in [9.17, 15) is 8.42 Å². The fraction of sp³-hybridized carbons (Fsp3) is 0.636. The Kier molecular flexibility index (Phi) is 3.86. The fourth-order valence-corrected chi connectivity index (χ4v) is 3.45. The molecule has 96 valence electrons. The van der Waals surface area contributed by atoms with E-state index in [0.717, 1.165) is 12.8 Å². The summed E-state index contributed by atoms with van der Waals surface area (Å²) in [6, 6.07) is 3.64. The average Bonchev–Trinajstić information content (AvgIpc) is 3.00. The van der Waals surface area contributed by atoms with Gasteiger partial charge in [0.25, 0.3) is 0 Å². The van der Waals surface area contributed by atoms with Crippen molar-refractivity contribution in [2.24, 2.45) is 0 Å². The number of rotatable bonds is 7. The van der Waals surface area contributed by atoms with Crippen molar-refractivity contribution >= 4 is 10.0 Å². The van der Waals surface area contributed by atoms with Crippen LogP contribution in [0.15, 0.2) is 22.8 Å². The average molecular weight is 259 g/mol. The molecule has 1 aliphatic carbocycles. The van der Waals surface area contributed by atoms with Crippen LogP contribution in [0.5, 0.6) is 0 Å². The molecular weight excluding hydrogens is 242 g/mol. The first-order valence-corrected chi connectivity index (χ1v) is 7.37. The zero-order valence-electron chi connectivity index (χ0n) is 9.58. The van der Waals surface area contributed by atoms with Gasteiger partial charge in [-0.15, -0.1) is 0 Å². The zero-order chi connectivity index (χ0) is 12.3. The molecule has 0 unspecified atom stereocenters. The lowest BCUT2D eigenvalue weighted by Gasteiger charge is -2.20. The predicted octanol–water partition coefficient (Wildman–Crippen LogP) is 0.956. The van der Waals surface area contributed by atoms with Gasteiger partial charge in [-0.25, -0.2) is 8.42 Å². The van der Waals surface area contributed by atoms with Crippen LogP contribution in [0.2, 0.25) is 0 Å². The van der Waals surface area contributed by atoms with Gasteiger partial charge in [-0.2, -0.15) is 4.31 Å². The van der Waals surface area contributed by atoms with E-state index < -0.39 is 10.0 Å². The van der Waals surface area contributed by atoms with E-state index in [0.29, 0.717) is 12.3 Å². The van der Waals surface area contributed by atoms with Crippen molar-refractivity contribution in [1.82, 2.24) is 4.31 Å². The van der Waals surface area contributed by atoms with Crippen LogP contribution in [0.4, 0.5) is 0 Å². The topological polar surface area (TPSA) is 70.8 Å². The van der Waals surface area contributed by atoms with Gasteiger partial charge in [-0.1, -0.05) is 0 Å². The van der Waals surface area contributed by atoms with Crippen molar-refractivity contribution in [1.29, 1.82) is 0 Å². The maximum Gasteiger partial charge on any atom is 0.214 e. The summed E-state index contributed by atoms with van der Waals surface area (Å²) in [5, 5.41) is 8.72. The van der Waals surface area contributed by atoms with Gasteiger partial charge in [0.15, 0.2) is 0 Å². The van der Waals surface area contributed by atoms with Crippen molar-refractivity contribution in [2.75, 3.05) is 12.4 Å². The van der Waals surface area contributed by atoms with Crippen LogP contribution < -0.4 is 0 Å². The molecule has 6 heteroatoms. The highest BCUT2D eigenvalue weighted by molar-refractivity contribution is 7.89. The van der Waals surface area contributed by atoms with Crippen molar-refractivity contribution in [3.05, 3.63) is 24.2 Å². The fourth-order valence-electron chi connectivity index (χ4n) is 1.74. The van der Waals surface area contributed by atoms with E-state index in [1.54, 1.807) is 18.4 Å². The molecule has 1 saturated carbocycles. The standard InChI is InChI=1S/C11H17NO4S/c13-6-2-8-17(14,15)12(10-4-5-10)9-11-3-1-7-16-11/h1,3,7,10,13H,2,4-6,8-9H2. The van der Waals surface area contributed by atoms with E-state index in [2.05, 4.69) is 0 Å². The minimum atomic E-state index is -3.28. The van der Waals surface area contributed by atoms with Crippen molar-refractivity contribution in [3.8, 4) is 0 Å². The summed E-state index contributed by atoms with van der Waals surface area (Å²) in [6.07, 6.45) is 3.66. The second-order valence-corrected chi connectivity index (χ2v) is 6.29. The molecule has 0 amide bonds. The highest BCUT2D eigenvalue weighted by Gasteiger charge is 2.37. The molecule has 1 heterocycles. The zero-order valence-corrected chi connectivity index (χ0v) is 10.4. The summed E-state index contributed by atoms with van der Waals surface area (Å²) in [4.78, 5) is 0. The molecule has 0 radical (unpaired) electrons. The van der Waals surface area contributed by atoms with Crippen molar-refractivity contribution < 1.29 is 17.9 Å². The summed E-state index contributed by atoms with van der Waals surface area (Å²) >= 11 is 0. The molecule has 0 spiro atoms. The Labute approximate surface area is 101 Å². The smallest absolute Gasteiger partial charge is 0.214 e. The highest BCUT2D eigenvalue weighted by atomic mass is 32.2. The van der Waals surface area contributed by atoms with Gasteiger partial charge in [-0.05, 0) is 31.4 Å². The molecule has 1 N–H and O–H groups in total. The Morgan fingerprint density at radius 2 is 2.24 bits per heavy atom. The maximum absolute atomic E-state index is 12.1. The largest absolute Gasteiger partial charge is 0.468 e. The van der Waals surface area contributed by atoms with E-state index in [4.69, 9.17) is 9.52 Å². The van der Waals surface area contributed by atoms with Crippen LogP contribution in [0.1, 0.15) is 25.0 Å². The van der Waals surface area contributed by atoms with Gasteiger partial charge < -0.3 is 9.52 Å². The van der Waals surface area contributed by atoms with E-state index in [-0.39, 0.29) is 24.8 Å². The van der Waals surface area contributed by atoms with Crippen molar-refractivity contribution in [2.45, 2.75) is 31.8 Å². The summed E-state index contributed by atoms with van der Waals surface area (Å²) in [5.74, 6) is 0.658. The van der Waals surface area contributed by atoms with E-state index >= 15 is 0 Å². The first kappa shape index (κ1) is 12.6. The Bertz CT molecular complexity index is 436. The van der Waals surface area contributed by atoms with Crippen LogP contribution in [0.25, 0.3) is 0 Å². The Hall–Kier alpha value is -0.850. The van der Waals surface area contributed by atoms with Crippen LogP contribution in [0, 0.1) is 0 Å². The summed E-state index contributed by atoms with van der Waals surface area (Å²) in [7, 11) is -3.28. The lowest BCUT2D eigenvalue weighted by atomic mass is 10.4. The third-order valence-electron chi connectivity index (χ3n) is 2.76. The summed E-state index contributed by atoms with van der Waals surface area (Å²) in [6.45, 7) is 0.198. The molecule has 0 aromatic carbocycles. The first-order chi connectivity index (χ1) is 8.13. The SMILES string of the molecule is O=S(=O)(CCCO)N(Cc1ccco1)C1CC1. The lowest BCUT2D eigenvalue weighted by Crippen LogP contribution is -2.34. The molecule has 2 rings (SSSR count). The number of nitrogens with zero attached hydrogens (tertiary/aromatic N) is 1. The molecule has 1 aliphatic rings. The monoisotopic (exact) mass is 259 g/mol. The number of aliphatic hydroxyl groups is 1. The second-order valence-electron chi connectivity index (χ2n) is 4.25. The Balaban J connectivity index is 2.06. The van der Waals surface area contributed by atoms with Gasteiger partial charge in [0.1, 0.15) is 5.76 Å². The second kappa shape index (κ2) is 5.20. The number of furan rings is 1. The highest BCUT2D eigenvalue weighted by Crippen LogP contribution is 2.31. The predicted molar refractivity (Wildman–Crippen MR) is 62.8 cm³/mol. The first-order valence-electron chi connectivity index (χ1n) is 5.76. The van der Waals surface area contributed by atoms with Gasteiger partial charge >= 0.3 is 0 Å². The van der Waals surface area contributed by atoms with E-state index in [1.165, 1.54) is 4.31 Å². The number of sulfonamides is 1. The third-order valence-corrected chi connectivity index (χ3v) is 4.71. The molecule has 0 saturated heterocycles. The minimum absolute atomic E-state index is 0.000703. The van der Waals surface area contributed by atoms with Gasteiger partial charge in [0.2, 0.25) is 10.0 Å². The quantitative estimate of drug-likeness (QED) is 0.791. The van der Waals surface area contributed by atoms with E-state index in [1.807, 2.05) is 0 Å². The molecule has 17 heavy (non-hydrogen) atoms. The van der Waals surface area contributed by atoms with Gasteiger partial charge in [0.05, 0.1) is 18.6 Å². The molecule has 1 aromatic rings. The molecule has 0 atom stereocenters. The molecule has 0 bridgehead atoms. The van der Waals surface area contributed by atoms with Crippen LogP contribution in [-0.4, -0.2) is 36.2 Å². The van der Waals surface area contributed by atoms with Crippen LogP contribution in [0.3, 0.4) is 0 Å². The van der Waals surface area contributed by atoms with Gasteiger partial charge in [-0.3, -0.25) is 0 Å². The van der Waals surface area contributed by atoms with Gasteiger partial charge in [0, 0.05) is 12.6 Å². The number of aliphatic hydroxyl groups excluding tert-OH is 1. The maximum atomic E-state index is 12.1. The molecule has 1 aromatic heterocycles. The summed E-state index contributed by atoms with van der Waals surface area (Å²) < 4.78 is 30.8. The normalized spacial score (nSPS) is 16.6. The van der Waals surface area contributed by atoms with Crippen LogP contribution in [-0.2, 0) is 16.6 Å². The van der Waals surface area contributed by atoms with Crippen LogP contribution >= 0.6 is 0 Å². The third kappa shape index (κ3) is 3.31. The van der Waals surface area contributed by atoms with Crippen molar-refractivity contribution in [3.63, 3.8) is 0 Å². The Morgan fingerprint density at radius 1 is 1.47 bits per heavy atom. The lowest BCUT2D eigenvalue weighted by molar-refractivity contribution is 0.292. The molecular formula is C11H17NO4S. The molecule has 0 aliphatic heterocycles. The number of hydrogen-bond acceptors (Lipinski definition) is 4. The Morgan fingerprint density at radius 3 is 2.76 bits per heavy atom. The summed E-state index contributed by atoms with van der Waals surface area (Å²) in [5.41, 5.74) is 0. The number of hydrogen-bond donors (Lipinski definition) is 1. The molecule has 5 nitrogen and oxygen atoms in total. The molecule has 1 fully saturated rings.